The van der Waals surface area contributed by atoms with Crippen LogP contribution in [0.15, 0.2) is 23.1 Å². The lowest BCUT2D eigenvalue weighted by molar-refractivity contribution is 0.0956. The number of hydrogen-bond acceptors (Lipinski definition) is 4. The summed E-state index contributed by atoms with van der Waals surface area (Å²) in [6.45, 7) is 4.27. The zero-order valence-electron chi connectivity index (χ0n) is 13.9. The number of carbonyl (C=O) groups is 1. The van der Waals surface area contributed by atoms with Gasteiger partial charge in [0.15, 0.2) is 0 Å². The van der Waals surface area contributed by atoms with E-state index in [9.17, 15) is 13.2 Å². The average molecular weight is 376 g/mol. The smallest absolute Gasteiger partial charge is 0.315 e. The van der Waals surface area contributed by atoms with Gasteiger partial charge in [-0.3, -0.25) is 0 Å². The van der Waals surface area contributed by atoms with Crippen LogP contribution in [0.2, 0.25) is 5.02 Å². The minimum absolute atomic E-state index is 0.143. The summed E-state index contributed by atoms with van der Waals surface area (Å²) in [5.41, 5.74) is 0.508. The molecule has 134 valence electrons. The van der Waals surface area contributed by atoms with Crippen molar-refractivity contribution < 1.29 is 17.9 Å². The Hall–Kier alpha value is -1.35. The van der Waals surface area contributed by atoms with Gasteiger partial charge in [-0.15, -0.1) is 0 Å². The maximum atomic E-state index is 12.9. The van der Waals surface area contributed by atoms with E-state index in [2.05, 4.69) is 10.6 Å². The topological polar surface area (TPSA) is 87.7 Å². The first-order valence-corrected chi connectivity index (χ1v) is 9.45. The predicted molar refractivity (Wildman–Crippen MR) is 91.7 cm³/mol. The van der Waals surface area contributed by atoms with E-state index >= 15 is 0 Å². The highest BCUT2D eigenvalue weighted by Gasteiger charge is 2.40. The van der Waals surface area contributed by atoms with Crippen molar-refractivity contribution in [3.63, 3.8) is 0 Å². The standard InChI is InChI=1S/C15H22ClN3O4S/c1-4-17-15(20)18-12-8-19(9-13(12)23-3)24(21,22)14-7-5-6-11(16)10(14)2/h5-7,12-13H,4,8-9H2,1-3H3,(H2,17,18,20)/t12-,13-/m1/s1. The van der Waals surface area contributed by atoms with Crippen LogP contribution in [0.1, 0.15) is 12.5 Å². The molecule has 0 spiro atoms. The van der Waals surface area contributed by atoms with Gasteiger partial charge in [0.1, 0.15) is 0 Å². The van der Waals surface area contributed by atoms with Crippen LogP contribution in [-0.2, 0) is 14.8 Å². The Balaban J connectivity index is 2.23. The van der Waals surface area contributed by atoms with Crippen molar-refractivity contribution in [2.24, 2.45) is 0 Å². The van der Waals surface area contributed by atoms with Gasteiger partial charge in [-0.05, 0) is 31.5 Å². The Morgan fingerprint density at radius 1 is 1.42 bits per heavy atom. The molecule has 1 aromatic carbocycles. The van der Waals surface area contributed by atoms with E-state index < -0.39 is 22.2 Å². The van der Waals surface area contributed by atoms with Gasteiger partial charge < -0.3 is 15.4 Å². The third-order valence-electron chi connectivity index (χ3n) is 4.03. The summed E-state index contributed by atoms with van der Waals surface area (Å²) < 4.78 is 32.5. The van der Waals surface area contributed by atoms with Crippen molar-refractivity contribution in [1.82, 2.24) is 14.9 Å². The van der Waals surface area contributed by atoms with Crippen LogP contribution in [0.25, 0.3) is 0 Å². The normalized spacial score (nSPS) is 21.7. The Morgan fingerprint density at radius 3 is 2.75 bits per heavy atom. The maximum Gasteiger partial charge on any atom is 0.315 e. The molecule has 0 radical (unpaired) electrons. The Morgan fingerprint density at radius 2 is 2.12 bits per heavy atom. The number of amides is 2. The molecule has 7 nitrogen and oxygen atoms in total. The SMILES string of the molecule is CCNC(=O)N[C@@H]1CN(S(=O)(=O)c2cccc(Cl)c2C)C[C@H]1OC. The second kappa shape index (κ2) is 7.69. The molecule has 1 fully saturated rings. The first-order valence-electron chi connectivity index (χ1n) is 7.63. The molecular weight excluding hydrogens is 354 g/mol. The first kappa shape index (κ1) is 19.0. The number of ether oxygens (including phenoxy) is 1. The van der Waals surface area contributed by atoms with Crippen molar-refractivity contribution in [1.29, 1.82) is 0 Å². The summed E-state index contributed by atoms with van der Waals surface area (Å²) >= 11 is 6.04. The predicted octanol–water partition coefficient (Wildman–Crippen LogP) is 1.36. The van der Waals surface area contributed by atoms with Gasteiger partial charge in [-0.1, -0.05) is 17.7 Å². The number of benzene rings is 1. The summed E-state index contributed by atoms with van der Waals surface area (Å²) in [6, 6.07) is 4.02. The van der Waals surface area contributed by atoms with Crippen molar-refractivity contribution in [2.45, 2.75) is 30.9 Å². The summed E-state index contributed by atoms with van der Waals surface area (Å²) in [5, 5.41) is 5.78. The zero-order chi connectivity index (χ0) is 17.9. The molecule has 0 bridgehead atoms. The van der Waals surface area contributed by atoms with Gasteiger partial charge in [-0.25, -0.2) is 13.2 Å². The third-order valence-corrected chi connectivity index (χ3v) is 6.41. The number of methoxy groups -OCH3 is 1. The molecule has 0 aromatic heterocycles. The highest BCUT2D eigenvalue weighted by molar-refractivity contribution is 7.89. The number of carbonyl (C=O) groups excluding carboxylic acids is 1. The highest BCUT2D eigenvalue weighted by Crippen LogP contribution is 2.28. The van der Waals surface area contributed by atoms with Gasteiger partial charge in [0.05, 0.1) is 17.0 Å². The molecule has 1 heterocycles. The van der Waals surface area contributed by atoms with E-state index in [1.807, 2.05) is 0 Å². The number of halogens is 1. The monoisotopic (exact) mass is 375 g/mol. The van der Waals surface area contributed by atoms with Crippen molar-refractivity contribution in [3.05, 3.63) is 28.8 Å². The molecule has 1 aromatic rings. The molecule has 2 rings (SSSR count). The van der Waals surface area contributed by atoms with E-state index in [0.717, 1.165) is 0 Å². The maximum absolute atomic E-state index is 12.9. The molecule has 0 saturated carbocycles. The lowest BCUT2D eigenvalue weighted by Crippen LogP contribution is -2.48. The fourth-order valence-corrected chi connectivity index (χ4v) is 4.66. The van der Waals surface area contributed by atoms with Crippen LogP contribution in [0.4, 0.5) is 4.79 Å². The molecule has 2 atom stereocenters. The number of nitrogens with one attached hydrogen (secondary N) is 2. The van der Waals surface area contributed by atoms with E-state index in [0.29, 0.717) is 17.1 Å². The van der Waals surface area contributed by atoms with E-state index in [4.69, 9.17) is 16.3 Å². The third kappa shape index (κ3) is 3.83. The minimum atomic E-state index is -3.72. The summed E-state index contributed by atoms with van der Waals surface area (Å²) in [5.74, 6) is 0. The molecular formula is C15H22ClN3O4S. The second-order valence-corrected chi connectivity index (χ2v) is 7.88. The zero-order valence-corrected chi connectivity index (χ0v) is 15.4. The van der Waals surface area contributed by atoms with Gasteiger partial charge in [0.2, 0.25) is 10.0 Å². The molecule has 2 amide bonds. The molecule has 1 aliphatic rings. The summed E-state index contributed by atoms with van der Waals surface area (Å²) in [7, 11) is -2.22. The van der Waals surface area contributed by atoms with Crippen LogP contribution in [0.5, 0.6) is 0 Å². The van der Waals surface area contributed by atoms with Crippen molar-refractivity contribution in [3.8, 4) is 0 Å². The van der Waals surface area contributed by atoms with Crippen molar-refractivity contribution >= 4 is 27.7 Å². The molecule has 24 heavy (non-hydrogen) atoms. The number of hydrogen-bond donors (Lipinski definition) is 2. The number of sulfonamides is 1. The van der Waals surface area contributed by atoms with E-state index in [1.54, 1.807) is 26.0 Å². The largest absolute Gasteiger partial charge is 0.378 e. The molecule has 1 saturated heterocycles. The van der Waals surface area contributed by atoms with Crippen LogP contribution >= 0.6 is 11.6 Å². The van der Waals surface area contributed by atoms with Crippen molar-refractivity contribution in [2.75, 3.05) is 26.7 Å². The Bertz CT molecular complexity index is 711. The Kier molecular flexibility index (Phi) is 6.08. The second-order valence-electron chi connectivity index (χ2n) is 5.57. The molecule has 2 N–H and O–H groups in total. The molecule has 0 aliphatic carbocycles. The highest BCUT2D eigenvalue weighted by atomic mass is 35.5. The Labute approximate surface area is 147 Å². The van der Waals surface area contributed by atoms with Crippen LogP contribution < -0.4 is 10.6 Å². The number of rotatable bonds is 5. The fraction of sp³-hybridized carbons (Fsp3) is 0.533. The van der Waals surface area contributed by atoms with E-state index in [1.165, 1.54) is 17.5 Å². The molecule has 9 heteroatoms. The summed E-state index contributed by atoms with van der Waals surface area (Å²) in [4.78, 5) is 11.9. The summed E-state index contributed by atoms with van der Waals surface area (Å²) in [6.07, 6.45) is -0.415. The lowest BCUT2D eigenvalue weighted by atomic mass is 10.2. The van der Waals surface area contributed by atoms with Gasteiger partial charge in [0, 0.05) is 31.8 Å². The number of urea groups is 1. The number of nitrogens with zero attached hydrogens (tertiary/aromatic N) is 1. The van der Waals surface area contributed by atoms with Crippen LogP contribution in [-0.4, -0.2) is 57.6 Å². The fourth-order valence-electron chi connectivity index (χ4n) is 2.70. The van der Waals surface area contributed by atoms with Crippen LogP contribution in [0, 0.1) is 6.92 Å². The first-order chi connectivity index (χ1) is 11.3. The molecule has 0 unspecified atom stereocenters. The average Bonchev–Trinajstić information content (AvgIpc) is 2.93. The van der Waals surface area contributed by atoms with Crippen LogP contribution in [0.3, 0.4) is 0 Å². The van der Waals surface area contributed by atoms with Gasteiger partial charge >= 0.3 is 6.03 Å². The minimum Gasteiger partial charge on any atom is -0.378 e. The quantitative estimate of drug-likeness (QED) is 0.813. The van der Waals surface area contributed by atoms with Gasteiger partial charge in [-0.2, -0.15) is 4.31 Å². The van der Waals surface area contributed by atoms with Gasteiger partial charge in [0.25, 0.3) is 0 Å². The lowest BCUT2D eigenvalue weighted by Gasteiger charge is -2.18. The molecule has 1 aliphatic heterocycles. The van der Waals surface area contributed by atoms with E-state index in [-0.39, 0.29) is 24.0 Å².